The molecule has 0 N–H and O–H groups in total. The molecule has 0 saturated carbocycles. The zero-order valence-corrected chi connectivity index (χ0v) is 15.4. The number of halogens is 1. The van der Waals surface area contributed by atoms with Crippen LogP contribution in [0.15, 0.2) is 78.9 Å². The number of ether oxygens (including phenoxy) is 1. The first-order valence-electron chi connectivity index (χ1n) is 9.11. The first-order valence-corrected chi connectivity index (χ1v) is 9.11. The highest BCUT2D eigenvalue weighted by molar-refractivity contribution is 5.34. The van der Waals surface area contributed by atoms with Crippen LogP contribution in [0.25, 0.3) is 0 Å². The van der Waals surface area contributed by atoms with Crippen molar-refractivity contribution in [3.05, 3.63) is 95.8 Å². The Morgan fingerprint density at radius 1 is 0.808 bits per heavy atom. The topological polar surface area (TPSA) is 9.23 Å². The number of para-hydroxylation sites is 1. The predicted octanol–water partition coefficient (Wildman–Crippen LogP) is 6.92. The van der Waals surface area contributed by atoms with Crippen molar-refractivity contribution in [2.24, 2.45) is 0 Å². The number of aryl methyl sites for hydroxylation is 1. The molecule has 134 valence electrons. The van der Waals surface area contributed by atoms with Crippen molar-refractivity contribution in [1.82, 2.24) is 0 Å². The van der Waals surface area contributed by atoms with Crippen molar-refractivity contribution < 1.29 is 9.13 Å². The summed E-state index contributed by atoms with van der Waals surface area (Å²) in [5.74, 6) is 1.54. The van der Waals surface area contributed by atoms with E-state index in [1.165, 1.54) is 11.1 Å². The van der Waals surface area contributed by atoms with Gasteiger partial charge in [0.05, 0.1) is 0 Å². The van der Waals surface area contributed by atoms with Crippen LogP contribution in [0.5, 0.6) is 11.5 Å². The van der Waals surface area contributed by atoms with Gasteiger partial charge in [0.15, 0.2) is 0 Å². The van der Waals surface area contributed by atoms with Gasteiger partial charge in [0.1, 0.15) is 17.3 Å². The van der Waals surface area contributed by atoms with Crippen molar-refractivity contribution in [2.75, 3.05) is 0 Å². The minimum atomic E-state index is -0.181. The largest absolute Gasteiger partial charge is 0.457 e. The summed E-state index contributed by atoms with van der Waals surface area (Å²) in [7, 11) is 0. The highest BCUT2D eigenvalue weighted by Gasteiger charge is 2.20. The van der Waals surface area contributed by atoms with E-state index in [1.807, 2.05) is 54.6 Å². The number of rotatable bonds is 7. The Labute approximate surface area is 155 Å². The summed E-state index contributed by atoms with van der Waals surface area (Å²) in [5.41, 5.74) is 2.49. The second-order valence-electron chi connectivity index (χ2n) is 7.31. The molecule has 0 spiro atoms. The normalized spacial score (nSPS) is 11.3. The predicted molar refractivity (Wildman–Crippen MR) is 105 cm³/mol. The SMILES string of the molecule is CC(C)(CCCc1cccc(Oc2ccccc2)c1)c1ccc(F)cc1. The molecule has 0 radical (unpaired) electrons. The van der Waals surface area contributed by atoms with E-state index >= 15 is 0 Å². The van der Waals surface area contributed by atoms with E-state index in [2.05, 4.69) is 26.0 Å². The number of hydrogen-bond acceptors (Lipinski definition) is 1. The van der Waals surface area contributed by atoms with Crippen molar-refractivity contribution in [3.8, 4) is 11.5 Å². The minimum absolute atomic E-state index is 0.0336. The summed E-state index contributed by atoms with van der Waals surface area (Å²) in [4.78, 5) is 0. The lowest BCUT2D eigenvalue weighted by molar-refractivity contribution is 0.459. The standard InChI is InChI=1S/C24H25FO/c1-24(2,20-13-15-21(25)16-14-20)17-7-9-19-8-6-12-23(18-19)26-22-10-4-3-5-11-22/h3-6,8,10-16,18H,7,9,17H2,1-2H3. The van der Waals surface area contributed by atoms with E-state index in [0.717, 1.165) is 30.8 Å². The lowest BCUT2D eigenvalue weighted by atomic mass is 9.80. The van der Waals surface area contributed by atoms with E-state index < -0.39 is 0 Å². The van der Waals surface area contributed by atoms with Gasteiger partial charge in [-0.05, 0) is 72.2 Å². The van der Waals surface area contributed by atoms with Gasteiger partial charge in [-0.1, -0.05) is 56.3 Å². The molecule has 0 saturated heterocycles. The van der Waals surface area contributed by atoms with Crippen LogP contribution < -0.4 is 4.74 Å². The molecular formula is C24H25FO. The second-order valence-corrected chi connectivity index (χ2v) is 7.31. The van der Waals surface area contributed by atoms with Gasteiger partial charge in [0, 0.05) is 0 Å². The lowest BCUT2D eigenvalue weighted by Gasteiger charge is -2.25. The third-order valence-corrected chi connectivity index (χ3v) is 4.77. The van der Waals surface area contributed by atoms with Gasteiger partial charge < -0.3 is 4.74 Å². The first-order chi connectivity index (χ1) is 12.5. The summed E-state index contributed by atoms with van der Waals surface area (Å²) in [6.07, 6.45) is 3.11. The average Bonchev–Trinajstić information content (AvgIpc) is 2.63. The molecule has 0 aliphatic rings. The third kappa shape index (κ3) is 4.95. The van der Waals surface area contributed by atoms with Gasteiger partial charge in [-0.3, -0.25) is 0 Å². The molecule has 0 atom stereocenters. The van der Waals surface area contributed by atoms with E-state index in [-0.39, 0.29) is 11.2 Å². The molecule has 0 aliphatic carbocycles. The van der Waals surface area contributed by atoms with Crippen LogP contribution in [0.1, 0.15) is 37.8 Å². The monoisotopic (exact) mass is 348 g/mol. The van der Waals surface area contributed by atoms with Crippen LogP contribution in [0.2, 0.25) is 0 Å². The van der Waals surface area contributed by atoms with E-state index in [0.29, 0.717) is 0 Å². The minimum Gasteiger partial charge on any atom is -0.457 e. The first kappa shape index (κ1) is 18.2. The Morgan fingerprint density at radius 3 is 2.23 bits per heavy atom. The summed E-state index contributed by atoms with van der Waals surface area (Å²) in [6.45, 7) is 4.43. The van der Waals surface area contributed by atoms with E-state index in [9.17, 15) is 4.39 Å². The smallest absolute Gasteiger partial charge is 0.127 e. The molecule has 0 fully saturated rings. The van der Waals surface area contributed by atoms with E-state index in [1.54, 1.807) is 12.1 Å². The molecule has 0 unspecified atom stereocenters. The number of hydrogen-bond donors (Lipinski definition) is 0. The fraction of sp³-hybridized carbons (Fsp3) is 0.250. The van der Waals surface area contributed by atoms with Crippen LogP contribution in [-0.4, -0.2) is 0 Å². The molecule has 0 amide bonds. The molecule has 0 aromatic heterocycles. The van der Waals surface area contributed by atoms with Gasteiger partial charge in [-0.2, -0.15) is 0 Å². The van der Waals surface area contributed by atoms with Crippen molar-refractivity contribution in [2.45, 2.75) is 38.5 Å². The lowest BCUT2D eigenvalue weighted by Crippen LogP contribution is -2.17. The Balaban J connectivity index is 1.58. The van der Waals surface area contributed by atoms with Crippen LogP contribution in [0.4, 0.5) is 4.39 Å². The van der Waals surface area contributed by atoms with Gasteiger partial charge in [0.2, 0.25) is 0 Å². The maximum atomic E-state index is 13.1. The quantitative estimate of drug-likeness (QED) is 0.450. The third-order valence-electron chi connectivity index (χ3n) is 4.77. The highest BCUT2D eigenvalue weighted by Crippen LogP contribution is 2.30. The Bertz CT molecular complexity index is 822. The van der Waals surface area contributed by atoms with Crippen LogP contribution in [0.3, 0.4) is 0 Å². The molecule has 3 aromatic carbocycles. The summed E-state index contributed by atoms with van der Waals surface area (Å²) < 4.78 is 19.0. The van der Waals surface area contributed by atoms with Gasteiger partial charge in [0.25, 0.3) is 0 Å². The van der Waals surface area contributed by atoms with Crippen LogP contribution in [0, 0.1) is 5.82 Å². The van der Waals surface area contributed by atoms with Crippen LogP contribution in [-0.2, 0) is 11.8 Å². The summed E-state index contributed by atoms with van der Waals surface area (Å²) >= 11 is 0. The van der Waals surface area contributed by atoms with Crippen molar-refractivity contribution in [3.63, 3.8) is 0 Å². The maximum absolute atomic E-state index is 13.1. The molecule has 0 bridgehead atoms. The fourth-order valence-corrected chi connectivity index (χ4v) is 3.17. The zero-order valence-electron chi connectivity index (χ0n) is 15.4. The van der Waals surface area contributed by atoms with Gasteiger partial charge >= 0.3 is 0 Å². The molecule has 2 heteroatoms. The van der Waals surface area contributed by atoms with Crippen molar-refractivity contribution >= 4 is 0 Å². The van der Waals surface area contributed by atoms with Crippen molar-refractivity contribution in [1.29, 1.82) is 0 Å². The molecule has 3 rings (SSSR count). The van der Waals surface area contributed by atoms with Crippen LogP contribution >= 0.6 is 0 Å². The molecule has 3 aromatic rings. The average molecular weight is 348 g/mol. The molecule has 1 nitrogen and oxygen atoms in total. The fourth-order valence-electron chi connectivity index (χ4n) is 3.17. The van der Waals surface area contributed by atoms with Gasteiger partial charge in [-0.15, -0.1) is 0 Å². The van der Waals surface area contributed by atoms with Gasteiger partial charge in [-0.25, -0.2) is 4.39 Å². The second kappa shape index (κ2) is 8.18. The molecule has 0 heterocycles. The Hall–Kier alpha value is -2.61. The zero-order chi connectivity index (χ0) is 18.4. The molecule has 0 aliphatic heterocycles. The number of benzene rings is 3. The maximum Gasteiger partial charge on any atom is 0.127 e. The molecule has 26 heavy (non-hydrogen) atoms. The highest BCUT2D eigenvalue weighted by atomic mass is 19.1. The Kier molecular flexibility index (Phi) is 5.72. The van der Waals surface area contributed by atoms with E-state index in [4.69, 9.17) is 4.74 Å². The summed E-state index contributed by atoms with van der Waals surface area (Å²) in [6, 6.07) is 25.0. The molecular weight excluding hydrogens is 323 g/mol. The Morgan fingerprint density at radius 2 is 1.50 bits per heavy atom. The summed E-state index contributed by atoms with van der Waals surface area (Å²) in [5, 5.41) is 0.